The zero-order valence-electron chi connectivity index (χ0n) is 30.2. The summed E-state index contributed by atoms with van der Waals surface area (Å²) in [6.07, 6.45) is 1.02. The number of fused-ring (bicyclic) bond motifs is 3. The molecule has 14 nitrogen and oxygen atoms in total. The molecule has 0 aromatic carbocycles. The maximum atomic E-state index is 14.4. The maximum absolute atomic E-state index is 14.4. The van der Waals surface area contributed by atoms with Crippen molar-refractivity contribution in [2.75, 3.05) is 26.7 Å². The van der Waals surface area contributed by atoms with Crippen LogP contribution in [0.2, 0.25) is 0 Å². The van der Waals surface area contributed by atoms with Crippen LogP contribution in [-0.2, 0) is 33.5 Å². The molecule has 276 valence electrons. The molecule has 3 N–H and O–H groups in total. The minimum absolute atomic E-state index is 0.00206. The number of nitrogens with one attached hydrogen (secondary N) is 3. The Labute approximate surface area is 295 Å². The lowest BCUT2D eigenvalue weighted by atomic mass is 9.96. The zero-order chi connectivity index (χ0) is 36.3. The molecule has 0 spiro atoms. The van der Waals surface area contributed by atoms with E-state index in [1.54, 1.807) is 20.9 Å². The largest absolute Gasteiger partial charge is 0.450 e. The van der Waals surface area contributed by atoms with Crippen LogP contribution in [0.15, 0.2) is 0 Å². The highest BCUT2D eigenvalue weighted by atomic mass is 35.5. The number of hydrazine groups is 2. The first-order chi connectivity index (χ1) is 23.1. The highest BCUT2D eigenvalue weighted by Gasteiger charge is 2.48. The van der Waals surface area contributed by atoms with Gasteiger partial charge < -0.3 is 19.9 Å². The molecule has 4 aliphatic heterocycles. The Kier molecular flexibility index (Phi) is 13.0. The van der Waals surface area contributed by atoms with Gasteiger partial charge in [0, 0.05) is 26.7 Å². The van der Waals surface area contributed by atoms with Gasteiger partial charge in [-0.05, 0) is 55.8 Å². The molecule has 0 bridgehead atoms. The number of rotatable bonds is 5. The van der Waals surface area contributed by atoms with Crippen molar-refractivity contribution in [2.45, 2.75) is 129 Å². The van der Waals surface area contributed by atoms with Crippen LogP contribution in [0.4, 0.5) is 0 Å². The molecular weight excluding hydrogens is 654 g/mol. The van der Waals surface area contributed by atoms with Crippen LogP contribution < -0.4 is 16.2 Å². The van der Waals surface area contributed by atoms with E-state index in [1.165, 1.54) is 19.8 Å². The van der Waals surface area contributed by atoms with Crippen molar-refractivity contribution in [3.8, 4) is 0 Å². The fraction of sp³-hybridized carbons (Fsp3) is 0.824. The Morgan fingerprint density at radius 3 is 2.18 bits per heavy atom. The average Bonchev–Trinajstić information content (AvgIpc) is 3.47. The minimum atomic E-state index is -1.29. The normalized spacial score (nSPS) is 33.5. The summed E-state index contributed by atoms with van der Waals surface area (Å²) in [5.74, 6) is -3.98. The number of carbonyl (C=O) groups is 6. The number of hydrogen-bond acceptors (Lipinski definition) is 9. The standard InChI is InChI=1S/C34H56ClN7O7/c1-9-21(7)27-34(48)49-28(19(4)5)33(47)42-26(15-22(35)16-37-42)32(46)41-23(11-10-12-36-41)30(44)39(8)25(13-18(2)3)31(45)40-17-20(6)14-24(40)29(43)38-27/h18-28,36-37H,9-17H2,1-8H3,(H,38,43)/t20-,21+,22-,23+,24+,25-,26-,27-,28+/m1/s1. The minimum Gasteiger partial charge on any atom is -0.450 e. The van der Waals surface area contributed by atoms with Crippen molar-refractivity contribution in [3.63, 3.8) is 0 Å². The third-order valence-corrected chi connectivity index (χ3v) is 10.6. The van der Waals surface area contributed by atoms with E-state index in [-0.39, 0.29) is 36.6 Å². The van der Waals surface area contributed by atoms with E-state index in [2.05, 4.69) is 16.2 Å². The lowest BCUT2D eigenvalue weighted by molar-refractivity contribution is -0.174. The second kappa shape index (κ2) is 16.4. The number of cyclic esters (lactones) is 1. The molecule has 9 atom stereocenters. The van der Waals surface area contributed by atoms with E-state index in [1.807, 2.05) is 34.6 Å². The first kappa shape index (κ1) is 38.8. The summed E-state index contributed by atoms with van der Waals surface area (Å²) in [6.45, 7) is 14.0. The van der Waals surface area contributed by atoms with E-state index < -0.39 is 77.2 Å². The second-order valence-electron chi connectivity index (χ2n) is 15.1. The number of esters is 1. The van der Waals surface area contributed by atoms with Crippen LogP contribution in [0.25, 0.3) is 0 Å². The smallest absolute Gasteiger partial charge is 0.329 e. The number of halogens is 1. The monoisotopic (exact) mass is 709 g/mol. The molecule has 5 amide bonds. The molecule has 49 heavy (non-hydrogen) atoms. The quantitative estimate of drug-likeness (QED) is 0.283. The Hall–Kier alpha value is -2.97. The van der Waals surface area contributed by atoms with Gasteiger partial charge in [0.05, 0.1) is 5.38 Å². The number of carbonyl (C=O) groups excluding carboxylic acids is 6. The molecule has 4 saturated heterocycles. The van der Waals surface area contributed by atoms with Gasteiger partial charge >= 0.3 is 5.97 Å². The van der Waals surface area contributed by atoms with Crippen LogP contribution in [0.1, 0.15) is 87.0 Å². The third kappa shape index (κ3) is 8.50. The second-order valence-corrected chi connectivity index (χ2v) is 15.7. The zero-order valence-corrected chi connectivity index (χ0v) is 31.0. The van der Waals surface area contributed by atoms with Gasteiger partial charge in [-0.3, -0.25) is 34.0 Å². The number of alkyl halides is 1. The molecule has 4 fully saturated rings. The lowest BCUT2D eigenvalue weighted by Gasteiger charge is -2.45. The summed E-state index contributed by atoms with van der Waals surface area (Å²) >= 11 is 6.53. The van der Waals surface area contributed by atoms with Gasteiger partial charge in [-0.2, -0.15) is 0 Å². The topological polar surface area (TPSA) is 161 Å². The van der Waals surface area contributed by atoms with Gasteiger partial charge in [-0.25, -0.2) is 15.6 Å². The van der Waals surface area contributed by atoms with E-state index in [0.717, 1.165) is 0 Å². The molecule has 0 aromatic heterocycles. The van der Waals surface area contributed by atoms with Gasteiger partial charge in [0.25, 0.3) is 11.8 Å². The first-order valence-electron chi connectivity index (χ1n) is 17.9. The molecular formula is C34H56ClN7O7. The molecule has 0 radical (unpaired) electrons. The Morgan fingerprint density at radius 1 is 0.878 bits per heavy atom. The number of likely N-dealkylation sites (N-methyl/N-ethyl adjacent to an activating group) is 1. The van der Waals surface area contributed by atoms with E-state index in [4.69, 9.17) is 16.3 Å². The third-order valence-electron chi connectivity index (χ3n) is 10.3. The lowest BCUT2D eigenvalue weighted by Crippen LogP contribution is -2.69. The molecule has 15 heteroatoms. The molecule has 4 heterocycles. The van der Waals surface area contributed by atoms with Crippen molar-refractivity contribution in [3.05, 3.63) is 0 Å². The van der Waals surface area contributed by atoms with E-state index in [0.29, 0.717) is 45.2 Å². The van der Waals surface area contributed by atoms with Crippen molar-refractivity contribution < 1.29 is 33.5 Å². The Bertz CT molecular complexity index is 1270. The van der Waals surface area contributed by atoms with Gasteiger partial charge in [0.15, 0.2) is 6.10 Å². The number of amides is 5. The molecule has 4 rings (SSSR count). The Morgan fingerprint density at radius 2 is 1.55 bits per heavy atom. The highest BCUT2D eigenvalue weighted by Crippen LogP contribution is 2.29. The van der Waals surface area contributed by atoms with E-state index in [9.17, 15) is 28.8 Å². The Balaban J connectivity index is 1.84. The maximum Gasteiger partial charge on any atom is 0.329 e. The van der Waals surface area contributed by atoms with Gasteiger partial charge in [-0.15, -0.1) is 11.6 Å². The van der Waals surface area contributed by atoms with E-state index >= 15 is 0 Å². The first-order valence-corrected chi connectivity index (χ1v) is 18.4. The van der Waals surface area contributed by atoms with Crippen LogP contribution in [0.3, 0.4) is 0 Å². The summed E-state index contributed by atoms with van der Waals surface area (Å²) in [7, 11) is 1.58. The van der Waals surface area contributed by atoms with Gasteiger partial charge in [-0.1, -0.05) is 54.9 Å². The van der Waals surface area contributed by atoms with Crippen LogP contribution >= 0.6 is 11.6 Å². The molecule has 0 aliphatic carbocycles. The van der Waals surface area contributed by atoms with Crippen LogP contribution in [0, 0.1) is 23.7 Å². The number of hydrogen-bond donors (Lipinski definition) is 3. The average molecular weight is 710 g/mol. The molecule has 0 saturated carbocycles. The molecule has 0 aromatic rings. The number of nitrogens with zero attached hydrogens (tertiary/aromatic N) is 4. The van der Waals surface area contributed by atoms with Crippen molar-refractivity contribution in [1.29, 1.82) is 0 Å². The SMILES string of the molecule is CC[C@H](C)[C@H]1NC(=O)[C@@H]2C[C@@H](C)CN2C(=O)[C@@H](CC(C)C)N(C)C(=O)[C@@H]2CCCNN2C(=O)[C@H]2C[C@@H](Cl)CNN2C(=O)[C@H](C(C)C)OC1=O. The molecule has 0 unspecified atom stereocenters. The fourth-order valence-corrected chi connectivity index (χ4v) is 7.49. The fourth-order valence-electron chi connectivity index (χ4n) is 7.26. The highest BCUT2D eigenvalue weighted by molar-refractivity contribution is 6.21. The predicted octanol–water partition coefficient (Wildman–Crippen LogP) is 1.42. The van der Waals surface area contributed by atoms with Gasteiger partial charge in [0.2, 0.25) is 17.7 Å². The summed E-state index contributed by atoms with van der Waals surface area (Å²) in [5.41, 5.74) is 6.05. The van der Waals surface area contributed by atoms with Crippen molar-refractivity contribution >= 4 is 47.1 Å². The summed E-state index contributed by atoms with van der Waals surface area (Å²) in [6, 6.07) is -4.91. The van der Waals surface area contributed by atoms with Crippen LogP contribution in [0.5, 0.6) is 0 Å². The van der Waals surface area contributed by atoms with Crippen molar-refractivity contribution in [2.24, 2.45) is 23.7 Å². The number of ether oxygens (including phenoxy) is 1. The summed E-state index contributed by atoms with van der Waals surface area (Å²) < 4.78 is 5.92. The predicted molar refractivity (Wildman–Crippen MR) is 182 cm³/mol. The van der Waals surface area contributed by atoms with Crippen molar-refractivity contribution in [1.82, 2.24) is 36.0 Å². The van der Waals surface area contributed by atoms with Crippen LogP contribution in [-0.4, -0.2) is 124 Å². The summed E-state index contributed by atoms with van der Waals surface area (Å²) in [4.78, 5) is 88.2. The molecule has 4 aliphatic rings. The van der Waals surface area contributed by atoms with Gasteiger partial charge in [0.1, 0.15) is 30.2 Å². The summed E-state index contributed by atoms with van der Waals surface area (Å²) in [5, 5.41) is 4.85.